The maximum absolute atomic E-state index is 12.3. The molecule has 0 aliphatic carbocycles. The number of carbonyl (C=O) groups excluding carboxylic acids is 1. The van der Waals surface area contributed by atoms with Gasteiger partial charge in [-0.2, -0.15) is 0 Å². The molecule has 0 atom stereocenters. The number of ether oxygens (including phenoxy) is 1. The van der Waals surface area contributed by atoms with Crippen LogP contribution in [0.2, 0.25) is 0 Å². The van der Waals surface area contributed by atoms with Crippen LogP contribution in [0.3, 0.4) is 0 Å². The summed E-state index contributed by atoms with van der Waals surface area (Å²) in [5.41, 5.74) is 6.58. The summed E-state index contributed by atoms with van der Waals surface area (Å²) in [7, 11) is -3.69. The lowest BCUT2D eigenvalue weighted by Gasteiger charge is -2.23. The first-order valence-corrected chi connectivity index (χ1v) is 8.50. The maximum Gasteiger partial charge on any atom is 0.235 e. The van der Waals surface area contributed by atoms with E-state index in [2.05, 4.69) is 5.32 Å². The van der Waals surface area contributed by atoms with Crippen molar-refractivity contribution >= 4 is 21.4 Å². The summed E-state index contributed by atoms with van der Waals surface area (Å²) in [5.74, 6) is -1.04. The van der Waals surface area contributed by atoms with Gasteiger partial charge in [0.2, 0.25) is 5.91 Å². The number of hydrogen-bond acceptors (Lipinski definition) is 5. The van der Waals surface area contributed by atoms with Crippen LogP contribution in [0, 0.1) is 6.92 Å². The predicted octanol–water partition coefficient (Wildman–Crippen LogP) is 0.646. The van der Waals surface area contributed by atoms with Crippen LogP contribution in [0.5, 0.6) is 0 Å². The van der Waals surface area contributed by atoms with E-state index in [1.165, 1.54) is 6.07 Å². The van der Waals surface area contributed by atoms with E-state index in [1.54, 1.807) is 19.1 Å². The summed E-state index contributed by atoms with van der Waals surface area (Å²) < 4.78 is 29.8. The highest BCUT2D eigenvalue weighted by atomic mass is 32.2. The highest BCUT2D eigenvalue weighted by molar-refractivity contribution is 7.92. The van der Waals surface area contributed by atoms with E-state index in [0.29, 0.717) is 37.3 Å². The van der Waals surface area contributed by atoms with Crippen molar-refractivity contribution < 1.29 is 17.9 Å². The topological polar surface area (TPSA) is 98.5 Å². The zero-order valence-corrected chi connectivity index (χ0v) is 12.8. The normalized spacial score (nSPS) is 16.6. The zero-order chi connectivity index (χ0) is 15.5. The van der Waals surface area contributed by atoms with E-state index in [1.807, 2.05) is 0 Å². The van der Waals surface area contributed by atoms with Gasteiger partial charge in [-0.25, -0.2) is 8.42 Å². The molecular weight excluding hydrogens is 292 g/mol. The number of aryl methyl sites for hydroxylation is 1. The van der Waals surface area contributed by atoms with Gasteiger partial charge in [0.05, 0.1) is 4.90 Å². The van der Waals surface area contributed by atoms with E-state index in [4.69, 9.17) is 10.5 Å². The van der Waals surface area contributed by atoms with Gasteiger partial charge < -0.3 is 15.8 Å². The Morgan fingerprint density at radius 3 is 2.71 bits per heavy atom. The Morgan fingerprint density at radius 1 is 1.38 bits per heavy atom. The molecule has 1 aliphatic rings. The molecule has 1 aliphatic heterocycles. The van der Waals surface area contributed by atoms with Gasteiger partial charge in [-0.15, -0.1) is 0 Å². The molecule has 1 fully saturated rings. The van der Waals surface area contributed by atoms with Crippen LogP contribution in [0.15, 0.2) is 23.1 Å². The number of amides is 1. The summed E-state index contributed by atoms with van der Waals surface area (Å²) in [6, 6.07) is 4.66. The third-order valence-electron chi connectivity index (χ3n) is 3.45. The molecule has 1 saturated heterocycles. The molecule has 116 valence electrons. The molecule has 0 bridgehead atoms. The minimum Gasteiger partial charge on any atom is -0.399 e. The quantitative estimate of drug-likeness (QED) is 0.795. The van der Waals surface area contributed by atoms with E-state index in [0.717, 1.165) is 0 Å². The molecule has 7 heteroatoms. The first-order valence-electron chi connectivity index (χ1n) is 6.84. The molecule has 3 N–H and O–H groups in total. The summed E-state index contributed by atoms with van der Waals surface area (Å²) in [6.07, 6.45) is 1.42. The van der Waals surface area contributed by atoms with E-state index < -0.39 is 21.5 Å². The second kappa shape index (κ2) is 6.44. The van der Waals surface area contributed by atoms with Crippen molar-refractivity contribution in [3.63, 3.8) is 0 Å². The summed E-state index contributed by atoms with van der Waals surface area (Å²) >= 11 is 0. The SMILES string of the molecule is Cc1ccc(N)cc1S(=O)(=O)CC(=O)NC1CCOCC1. The Morgan fingerprint density at radius 2 is 2.05 bits per heavy atom. The monoisotopic (exact) mass is 312 g/mol. The lowest BCUT2D eigenvalue weighted by atomic mass is 10.1. The van der Waals surface area contributed by atoms with Gasteiger partial charge >= 0.3 is 0 Å². The van der Waals surface area contributed by atoms with Crippen molar-refractivity contribution in [1.82, 2.24) is 5.32 Å². The number of hydrogen-bond donors (Lipinski definition) is 2. The fraction of sp³-hybridized carbons (Fsp3) is 0.500. The second-order valence-electron chi connectivity index (χ2n) is 5.24. The second-order valence-corrected chi connectivity index (χ2v) is 7.20. The molecular formula is C14H20N2O4S. The van der Waals surface area contributed by atoms with E-state index in [-0.39, 0.29) is 10.9 Å². The lowest BCUT2D eigenvalue weighted by molar-refractivity contribution is -0.119. The Labute approximate surface area is 124 Å². The molecule has 1 aromatic rings. The van der Waals surface area contributed by atoms with Crippen LogP contribution in [0.25, 0.3) is 0 Å². The number of benzene rings is 1. The van der Waals surface area contributed by atoms with Gasteiger partial charge in [0.15, 0.2) is 9.84 Å². The number of nitrogen functional groups attached to an aromatic ring is 1. The molecule has 6 nitrogen and oxygen atoms in total. The fourth-order valence-electron chi connectivity index (χ4n) is 2.31. The largest absolute Gasteiger partial charge is 0.399 e. The Balaban J connectivity index is 2.06. The summed E-state index contributed by atoms with van der Waals surface area (Å²) in [4.78, 5) is 12.0. The predicted molar refractivity (Wildman–Crippen MR) is 79.6 cm³/mol. The minimum atomic E-state index is -3.69. The van der Waals surface area contributed by atoms with Crippen molar-refractivity contribution in [1.29, 1.82) is 0 Å². The van der Waals surface area contributed by atoms with Gasteiger partial charge in [-0.1, -0.05) is 6.07 Å². The van der Waals surface area contributed by atoms with Gasteiger partial charge in [-0.3, -0.25) is 4.79 Å². The summed E-state index contributed by atoms with van der Waals surface area (Å²) in [6.45, 7) is 2.86. The van der Waals surface area contributed by atoms with Gasteiger partial charge in [-0.05, 0) is 37.5 Å². The smallest absolute Gasteiger partial charge is 0.235 e. The molecule has 0 saturated carbocycles. The third-order valence-corrected chi connectivity index (χ3v) is 5.21. The van der Waals surface area contributed by atoms with Gasteiger partial charge in [0.25, 0.3) is 0 Å². The average molecular weight is 312 g/mol. The standard InChI is InChI=1S/C14H20N2O4S/c1-10-2-3-11(15)8-13(10)21(18,19)9-14(17)16-12-4-6-20-7-5-12/h2-3,8,12H,4-7,9,15H2,1H3,(H,16,17). The van der Waals surface area contributed by atoms with Crippen LogP contribution in [-0.4, -0.2) is 39.3 Å². The number of anilines is 1. The first-order chi connectivity index (χ1) is 9.88. The highest BCUT2D eigenvalue weighted by Crippen LogP contribution is 2.19. The number of nitrogens with one attached hydrogen (secondary N) is 1. The lowest BCUT2D eigenvalue weighted by Crippen LogP contribution is -2.41. The van der Waals surface area contributed by atoms with Crippen LogP contribution < -0.4 is 11.1 Å². The Hall–Kier alpha value is -1.60. The van der Waals surface area contributed by atoms with Crippen molar-refractivity contribution in [2.45, 2.75) is 30.7 Å². The molecule has 1 heterocycles. The average Bonchev–Trinajstić information content (AvgIpc) is 2.41. The number of carbonyl (C=O) groups is 1. The van der Waals surface area contributed by atoms with Crippen LogP contribution in [0.4, 0.5) is 5.69 Å². The van der Waals surface area contributed by atoms with Crippen molar-refractivity contribution in [2.75, 3.05) is 24.7 Å². The third kappa shape index (κ3) is 4.18. The molecule has 2 rings (SSSR count). The molecule has 21 heavy (non-hydrogen) atoms. The fourth-order valence-corrected chi connectivity index (χ4v) is 3.77. The molecule has 0 spiro atoms. The zero-order valence-electron chi connectivity index (χ0n) is 12.0. The van der Waals surface area contributed by atoms with Gasteiger partial charge in [0.1, 0.15) is 5.75 Å². The summed E-state index contributed by atoms with van der Waals surface area (Å²) in [5, 5.41) is 2.75. The van der Waals surface area contributed by atoms with Crippen molar-refractivity contribution in [3.8, 4) is 0 Å². The maximum atomic E-state index is 12.3. The molecule has 0 radical (unpaired) electrons. The van der Waals surface area contributed by atoms with E-state index in [9.17, 15) is 13.2 Å². The molecule has 0 aromatic heterocycles. The van der Waals surface area contributed by atoms with Crippen LogP contribution in [-0.2, 0) is 19.4 Å². The van der Waals surface area contributed by atoms with Crippen LogP contribution >= 0.6 is 0 Å². The van der Waals surface area contributed by atoms with Crippen LogP contribution in [0.1, 0.15) is 18.4 Å². The van der Waals surface area contributed by atoms with Crippen molar-refractivity contribution in [2.24, 2.45) is 0 Å². The molecule has 1 amide bonds. The van der Waals surface area contributed by atoms with Crippen molar-refractivity contribution in [3.05, 3.63) is 23.8 Å². The molecule has 1 aromatic carbocycles. The Kier molecular flexibility index (Phi) is 4.84. The highest BCUT2D eigenvalue weighted by Gasteiger charge is 2.24. The number of nitrogens with two attached hydrogens (primary N) is 1. The number of sulfone groups is 1. The van der Waals surface area contributed by atoms with Gasteiger partial charge in [0, 0.05) is 24.9 Å². The molecule has 0 unspecified atom stereocenters. The number of rotatable bonds is 4. The minimum absolute atomic E-state index is 0.0108. The first kappa shape index (κ1) is 15.8. The van der Waals surface area contributed by atoms with E-state index >= 15 is 0 Å². The Bertz CT molecular complexity index is 622.